The van der Waals surface area contributed by atoms with Gasteiger partial charge in [-0.15, -0.1) is 0 Å². The second-order valence-corrected chi connectivity index (χ2v) is 2.57. The van der Waals surface area contributed by atoms with Gasteiger partial charge in [-0.3, -0.25) is 4.98 Å². The molecule has 1 rings (SSSR count). The first-order chi connectivity index (χ1) is 5.27. The van der Waals surface area contributed by atoms with Gasteiger partial charge in [0, 0.05) is 11.9 Å². The molecule has 11 heavy (non-hydrogen) atoms. The normalized spacial score (nSPS) is 9.64. The molecule has 0 saturated heterocycles. The summed E-state index contributed by atoms with van der Waals surface area (Å²) in [6.07, 6.45) is 4.72. The number of hydrogen-bond acceptors (Lipinski definition) is 1. The molecule has 0 radical (unpaired) electrons. The monoisotopic (exact) mass is 147 g/mol. The number of pyridine rings is 1. The van der Waals surface area contributed by atoms with E-state index in [0.29, 0.717) is 0 Å². The minimum Gasteiger partial charge on any atom is -0.261 e. The van der Waals surface area contributed by atoms with E-state index in [0.717, 1.165) is 17.7 Å². The average molecular weight is 147 g/mol. The van der Waals surface area contributed by atoms with Crippen LogP contribution in [0, 0.1) is 6.92 Å². The van der Waals surface area contributed by atoms with E-state index >= 15 is 0 Å². The van der Waals surface area contributed by atoms with Crippen LogP contribution in [-0.4, -0.2) is 4.98 Å². The van der Waals surface area contributed by atoms with Crippen molar-refractivity contribution < 1.29 is 0 Å². The summed E-state index contributed by atoms with van der Waals surface area (Å²) in [6.45, 7) is 7.87. The van der Waals surface area contributed by atoms with E-state index in [1.807, 2.05) is 19.2 Å². The predicted octanol–water partition coefficient (Wildman–Crippen LogP) is 2.60. The second-order valence-electron chi connectivity index (χ2n) is 2.57. The van der Waals surface area contributed by atoms with Crippen LogP contribution in [0.15, 0.2) is 18.8 Å². The van der Waals surface area contributed by atoms with Crippen LogP contribution in [-0.2, 0) is 6.42 Å². The van der Waals surface area contributed by atoms with Gasteiger partial charge < -0.3 is 0 Å². The molecule has 0 unspecified atom stereocenters. The van der Waals surface area contributed by atoms with Crippen LogP contribution in [0.4, 0.5) is 0 Å². The van der Waals surface area contributed by atoms with Gasteiger partial charge in [-0.1, -0.05) is 19.6 Å². The van der Waals surface area contributed by atoms with Gasteiger partial charge in [0.1, 0.15) is 0 Å². The van der Waals surface area contributed by atoms with E-state index < -0.39 is 0 Å². The Balaban J connectivity index is 3.12. The van der Waals surface area contributed by atoms with Crippen LogP contribution in [0.3, 0.4) is 0 Å². The molecular weight excluding hydrogens is 134 g/mol. The summed E-state index contributed by atoms with van der Waals surface area (Å²) in [5.41, 5.74) is 3.54. The smallest absolute Gasteiger partial charge is 0.0404 e. The zero-order valence-corrected chi connectivity index (χ0v) is 7.09. The molecule has 0 atom stereocenters. The predicted molar refractivity (Wildman–Crippen MR) is 48.4 cm³/mol. The van der Waals surface area contributed by atoms with E-state index in [-0.39, 0.29) is 0 Å². The molecule has 1 aromatic rings. The Hall–Kier alpha value is -1.11. The zero-order valence-electron chi connectivity index (χ0n) is 7.09. The van der Waals surface area contributed by atoms with Crippen molar-refractivity contribution in [3.63, 3.8) is 0 Å². The number of aryl methyl sites for hydroxylation is 2. The Morgan fingerprint density at radius 1 is 1.64 bits per heavy atom. The van der Waals surface area contributed by atoms with Crippen LogP contribution in [0.1, 0.15) is 23.7 Å². The molecule has 0 aliphatic rings. The largest absolute Gasteiger partial charge is 0.261 e. The summed E-state index contributed by atoms with van der Waals surface area (Å²) in [6, 6.07) is 2.13. The molecule has 0 N–H and O–H groups in total. The second kappa shape index (κ2) is 3.33. The zero-order chi connectivity index (χ0) is 8.27. The molecule has 58 valence electrons. The van der Waals surface area contributed by atoms with Crippen molar-refractivity contribution >= 4 is 6.08 Å². The van der Waals surface area contributed by atoms with Crippen LogP contribution in [0.25, 0.3) is 6.08 Å². The van der Waals surface area contributed by atoms with E-state index in [1.54, 1.807) is 0 Å². The van der Waals surface area contributed by atoms with Crippen LogP contribution < -0.4 is 0 Å². The number of aromatic nitrogens is 1. The highest BCUT2D eigenvalue weighted by atomic mass is 14.7. The summed E-state index contributed by atoms with van der Waals surface area (Å²) >= 11 is 0. The molecule has 1 aromatic heterocycles. The van der Waals surface area contributed by atoms with Crippen LogP contribution >= 0.6 is 0 Å². The minimum atomic E-state index is 1.04. The number of rotatable bonds is 2. The van der Waals surface area contributed by atoms with Gasteiger partial charge in [0.25, 0.3) is 0 Å². The summed E-state index contributed by atoms with van der Waals surface area (Å²) in [5, 5.41) is 0. The minimum absolute atomic E-state index is 1.04. The van der Waals surface area contributed by atoms with Crippen molar-refractivity contribution in [3.8, 4) is 0 Å². The van der Waals surface area contributed by atoms with Crippen molar-refractivity contribution in [3.05, 3.63) is 35.7 Å². The lowest BCUT2D eigenvalue weighted by Gasteiger charge is -2.01. The molecule has 1 nitrogen and oxygen atoms in total. The third-order valence-corrected chi connectivity index (χ3v) is 1.83. The van der Waals surface area contributed by atoms with Crippen LogP contribution in [0.2, 0.25) is 0 Å². The lowest BCUT2D eigenvalue weighted by molar-refractivity contribution is 1.04. The maximum Gasteiger partial charge on any atom is 0.0404 e. The summed E-state index contributed by atoms with van der Waals surface area (Å²) in [5.74, 6) is 0. The van der Waals surface area contributed by atoms with Crippen molar-refractivity contribution in [1.29, 1.82) is 0 Å². The topological polar surface area (TPSA) is 12.9 Å². The fourth-order valence-corrected chi connectivity index (χ4v) is 1.07. The molecule has 0 spiro atoms. The highest BCUT2D eigenvalue weighted by molar-refractivity contribution is 5.47. The highest BCUT2D eigenvalue weighted by Crippen LogP contribution is 2.08. The van der Waals surface area contributed by atoms with E-state index in [2.05, 4.69) is 24.6 Å². The third kappa shape index (κ3) is 1.67. The number of hydrogen-bond donors (Lipinski definition) is 0. The third-order valence-electron chi connectivity index (χ3n) is 1.83. The maximum absolute atomic E-state index is 4.25. The summed E-state index contributed by atoms with van der Waals surface area (Å²) in [4.78, 5) is 4.25. The van der Waals surface area contributed by atoms with Gasteiger partial charge in [0.2, 0.25) is 0 Å². The Kier molecular flexibility index (Phi) is 2.42. The maximum atomic E-state index is 4.25. The van der Waals surface area contributed by atoms with Gasteiger partial charge in [0.05, 0.1) is 0 Å². The van der Waals surface area contributed by atoms with Crippen molar-refractivity contribution in [2.75, 3.05) is 0 Å². The van der Waals surface area contributed by atoms with Crippen LogP contribution in [0.5, 0.6) is 0 Å². The van der Waals surface area contributed by atoms with Gasteiger partial charge in [-0.05, 0) is 30.5 Å². The Morgan fingerprint density at radius 2 is 2.36 bits per heavy atom. The van der Waals surface area contributed by atoms with Gasteiger partial charge in [-0.2, -0.15) is 0 Å². The lowest BCUT2D eigenvalue weighted by Crippen LogP contribution is -1.90. The fourth-order valence-electron chi connectivity index (χ4n) is 1.07. The summed E-state index contributed by atoms with van der Waals surface area (Å²) in [7, 11) is 0. The first-order valence-corrected chi connectivity index (χ1v) is 3.86. The molecule has 0 aliphatic heterocycles. The molecule has 0 saturated carbocycles. The summed E-state index contributed by atoms with van der Waals surface area (Å²) < 4.78 is 0. The molecule has 1 heteroatoms. The molecule has 0 aliphatic carbocycles. The standard InChI is InChI=1S/C10H13N/c1-4-9-6-10(5-2)8(3)11-7-9/h4,6-7H,1,5H2,2-3H3. The van der Waals surface area contributed by atoms with Gasteiger partial charge in [0.15, 0.2) is 0 Å². The highest BCUT2D eigenvalue weighted by Gasteiger charge is 1.96. The molecule has 0 amide bonds. The Bertz CT molecular complexity index is 264. The SMILES string of the molecule is C=Cc1cnc(C)c(CC)c1. The van der Waals surface area contributed by atoms with Gasteiger partial charge >= 0.3 is 0 Å². The average Bonchev–Trinajstić information content (AvgIpc) is 2.05. The van der Waals surface area contributed by atoms with E-state index in [1.165, 1.54) is 5.56 Å². The first kappa shape index (κ1) is 7.99. The lowest BCUT2D eigenvalue weighted by atomic mass is 10.1. The fraction of sp³-hybridized carbons (Fsp3) is 0.300. The molecule has 0 bridgehead atoms. The molecule has 1 heterocycles. The Morgan fingerprint density at radius 3 is 2.91 bits per heavy atom. The Labute approximate surface area is 67.8 Å². The molecule has 0 fully saturated rings. The first-order valence-electron chi connectivity index (χ1n) is 3.86. The van der Waals surface area contributed by atoms with Crippen molar-refractivity contribution in [2.24, 2.45) is 0 Å². The van der Waals surface area contributed by atoms with Crippen molar-refractivity contribution in [2.45, 2.75) is 20.3 Å². The van der Waals surface area contributed by atoms with E-state index in [9.17, 15) is 0 Å². The van der Waals surface area contributed by atoms with Gasteiger partial charge in [-0.25, -0.2) is 0 Å². The van der Waals surface area contributed by atoms with Crippen molar-refractivity contribution in [1.82, 2.24) is 4.98 Å². The molecule has 0 aromatic carbocycles. The molecular formula is C10H13N. The quantitative estimate of drug-likeness (QED) is 0.626. The number of nitrogens with zero attached hydrogens (tertiary/aromatic N) is 1. The van der Waals surface area contributed by atoms with E-state index in [4.69, 9.17) is 0 Å².